The summed E-state index contributed by atoms with van der Waals surface area (Å²) in [4.78, 5) is 38.4. The van der Waals surface area contributed by atoms with Crippen LogP contribution in [0.25, 0.3) is 0 Å². The molecule has 0 aliphatic carbocycles. The van der Waals surface area contributed by atoms with E-state index >= 15 is 0 Å². The average Bonchev–Trinajstić information content (AvgIpc) is 2.55. The Morgan fingerprint density at radius 1 is 1.17 bits per heavy atom. The fourth-order valence-corrected chi connectivity index (χ4v) is 1.55. The maximum atomic E-state index is 11.4. The van der Waals surface area contributed by atoms with Gasteiger partial charge in [-0.15, -0.1) is 0 Å². The predicted octanol–water partition coefficient (Wildman–Crippen LogP) is 1.98. The molecule has 0 aromatic heterocycles. The minimum absolute atomic E-state index is 0.215. The SMILES string of the molecule is CC(C)(C)CCCCC(=O)ON1C(=O)C=CC1=O. The van der Waals surface area contributed by atoms with Crippen LogP contribution in [0.4, 0.5) is 0 Å². The molecule has 0 spiro atoms. The molecule has 2 amide bonds. The molecule has 0 saturated heterocycles. The van der Waals surface area contributed by atoms with Crippen molar-refractivity contribution in [3.05, 3.63) is 12.2 Å². The van der Waals surface area contributed by atoms with Crippen LogP contribution < -0.4 is 0 Å². The van der Waals surface area contributed by atoms with Crippen molar-refractivity contribution in [2.45, 2.75) is 46.5 Å². The van der Waals surface area contributed by atoms with Crippen LogP contribution >= 0.6 is 0 Å². The molecule has 0 radical (unpaired) electrons. The summed E-state index contributed by atoms with van der Waals surface area (Å²) in [6.45, 7) is 6.41. The first-order chi connectivity index (χ1) is 8.29. The van der Waals surface area contributed by atoms with Gasteiger partial charge in [-0.25, -0.2) is 4.79 Å². The van der Waals surface area contributed by atoms with Gasteiger partial charge in [0.15, 0.2) is 0 Å². The Bertz CT molecular complexity index is 361. The minimum atomic E-state index is -0.608. The van der Waals surface area contributed by atoms with Gasteiger partial charge in [-0.05, 0) is 18.3 Å². The molecule has 0 aromatic carbocycles. The summed E-state index contributed by atoms with van der Waals surface area (Å²) in [6, 6.07) is 0. The first-order valence-electron chi connectivity index (χ1n) is 6.06. The Kier molecular flexibility index (Phi) is 4.64. The lowest BCUT2D eigenvalue weighted by Crippen LogP contribution is -2.32. The van der Waals surface area contributed by atoms with Gasteiger partial charge < -0.3 is 4.84 Å². The molecule has 1 aliphatic rings. The standard InChI is InChI=1S/C13H19NO4/c1-13(2,3)9-5-4-6-12(17)18-14-10(15)7-8-11(14)16/h7-8H,4-6,9H2,1-3H3. The molecule has 0 aromatic rings. The lowest BCUT2D eigenvalue weighted by molar-refractivity contribution is -0.196. The number of imide groups is 1. The molecule has 0 saturated carbocycles. The van der Waals surface area contributed by atoms with E-state index in [0.29, 0.717) is 11.5 Å². The smallest absolute Gasteiger partial charge is 0.330 e. The lowest BCUT2D eigenvalue weighted by Gasteiger charge is -2.17. The van der Waals surface area contributed by atoms with Gasteiger partial charge in [0.1, 0.15) is 0 Å². The highest BCUT2D eigenvalue weighted by Crippen LogP contribution is 2.22. The Balaban J connectivity index is 2.22. The van der Waals surface area contributed by atoms with Crippen LogP contribution in [0.2, 0.25) is 0 Å². The molecule has 5 heteroatoms. The van der Waals surface area contributed by atoms with Crippen LogP contribution in [-0.4, -0.2) is 22.8 Å². The molecule has 0 bridgehead atoms. The topological polar surface area (TPSA) is 63.7 Å². The molecule has 100 valence electrons. The molecular formula is C13H19NO4. The summed E-state index contributed by atoms with van der Waals surface area (Å²) < 4.78 is 0. The number of rotatable bonds is 5. The zero-order chi connectivity index (χ0) is 13.8. The summed E-state index contributed by atoms with van der Waals surface area (Å²) in [6.07, 6.45) is 5.00. The second-order valence-electron chi connectivity index (χ2n) is 5.54. The highest BCUT2D eigenvalue weighted by atomic mass is 16.7. The summed E-state index contributed by atoms with van der Waals surface area (Å²) in [5.74, 6) is -1.76. The summed E-state index contributed by atoms with van der Waals surface area (Å²) in [5.41, 5.74) is 0.245. The van der Waals surface area contributed by atoms with Crippen LogP contribution in [0.3, 0.4) is 0 Å². The van der Waals surface area contributed by atoms with Crippen molar-refractivity contribution in [3.8, 4) is 0 Å². The maximum absolute atomic E-state index is 11.4. The quantitative estimate of drug-likeness (QED) is 0.555. The maximum Gasteiger partial charge on any atom is 0.333 e. The van der Waals surface area contributed by atoms with Crippen molar-refractivity contribution in [2.75, 3.05) is 0 Å². The summed E-state index contributed by atoms with van der Waals surface area (Å²) >= 11 is 0. The van der Waals surface area contributed by atoms with Crippen molar-refractivity contribution in [1.82, 2.24) is 5.06 Å². The van der Waals surface area contributed by atoms with E-state index in [-0.39, 0.29) is 11.8 Å². The van der Waals surface area contributed by atoms with Gasteiger partial charge in [0.05, 0.1) is 0 Å². The van der Waals surface area contributed by atoms with Crippen molar-refractivity contribution < 1.29 is 19.2 Å². The van der Waals surface area contributed by atoms with Gasteiger partial charge in [0, 0.05) is 18.6 Å². The third-order valence-electron chi connectivity index (χ3n) is 2.52. The van der Waals surface area contributed by atoms with E-state index in [1.54, 1.807) is 0 Å². The van der Waals surface area contributed by atoms with Crippen molar-refractivity contribution in [3.63, 3.8) is 0 Å². The highest BCUT2D eigenvalue weighted by molar-refractivity contribution is 6.12. The van der Waals surface area contributed by atoms with E-state index in [9.17, 15) is 14.4 Å². The number of hydrogen-bond acceptors (Lipinski definition) is 4. The monoisotopic (exact) mass is 253 g/mol. The van der Waals surface area contributed by atoms with Crippen molar-refractivity contribution >= 4 is 17.8 Å². The number of amides is 2. The van der Waals surface area contributed by atoms with Crippen LogP contribution in [0.1, 0.15) is 46.5 Å². The normalized spacial score (nSPS) is 15.4. The summed E-state index contributed by atoms with van der Waals surface area (Å²) in [5, 5.41) is 0.492. The van der Waals surface area contributed by atoms with E-state index < -0.39 is 17.8 Å². The number of hydroxylamine groups is 2. The third-order valence-corrected chi connectivity index (χ3v) is 2.52. The fourth-order valence-electron chi connectivity index (χ4n) is 1.55. The molecule has 0 atom stereocenters. The van der Waals surface area contributed by atoms with Crippen LogP contribution in [0, 0.1) is 5.41 Å². The molecule has 5 nitrogen and oxygen atoms in total. The minimum Gasteiger partial charge on any atom is -0.330 e. The molecule has 18 heavy (non-hydrogen) atoms. The molecule has 1 rings (SSSR count). The van der Waals surface area contributed by atoms with Crippen LogP contribution in [0.15, 0.2) is 12.2 Å². The van der Waals surface area contributed by atoms with Gasteiger partial charge in [-0.1, -0.05) is 32.3 Å². The van der Waals surface area contributed by atoms with Crippen LogP contribution in [-0.2, 0) is 19.2 Å². The number of unbranched alkanes of at least 4 members (excludes halogenated alkanes) is 1. The van der Waals surface area contributed by atoms with Gasteiger partial charge in [0.2, 0.25) is 0 Å². The third kappa shape index (κ3) is 4.69. The molecular weight excluding hydrogens is 234 g/mol. The molecule has 1 aliphatic heterocycles. The molecule has 0 fully saturated rings. The molecule has 0 N–H and O–H groups in total. The van der Waals surface area contributed by atoms with E-state index in [1.807, 2.05) is 0 Å². The second kappa shape index (κ2) is 5.80. The van der Waals surface area contributed by atoms with Crippen molar-refractivity contribution in [1.29, 1.82) is 0 Å². The largest absolute Gasteiger partial charge is 0.333 e. The average molecular weight is 253 g/mol. The van der Waals surface area contributed by atoms with E-state index in [0.717, 1.165) is 25.0 Å². The van der Waals surface area contributed by atoms with E-state index in [4.69, 9.17) is 4.84 Å². The highest BCUT2D eigenvalue weighted by Gasteiger charge is 2.27. The first-order valence-corrected chi connectivity index (χ1v) is 6.06. The lowest BCUT2D eigenvalue weighted by atomic mass is 9.89. The zero-order valence-corrected chi connectivity index (χ0v) is 11.1. The van der Waals surface area contributed by atoms with E-state index in [2.05, 4.69) is 20.8 Å². The van der Waals surface area contributed by atoms with Crippen LogP contribution in [0.5, 0.6) is 0 Å². The Morgan fingerprint density at radius 3 is 2.22 bits per heavy atom. The number of hydrogen-bond donors (Lipinski definition) is 0. The Labute approximate surface area is 107 Å². The Hall–Kier alpha value is -1.65. The van der Waals surface area contributed by atoms with Gasteiger partial charge in [-0.3, -0.25) is 9.59 Å². The zero-order valence-electron chi connectivity index (χ0n) is 11.1. The van der Waals surface area contributed by atoms with E-state index in [1.165, 1.54) is 0 Å². The van der Waals surface area contributed by atoms with Gasteiger partial charge in [-0.2, -0.15) is 0 Å². The number of carbonyl (C=O) groups is 3. The van der Waals surface area contributed by atoms with Crippen molar-refractivity contribution in [2.24, 2.45) is 5.41 Å². The van der Waals surface area contributed by atoms with Gasteiger partial charge in [0.25, 0.3) is 11.8 Å². The van der Waals surface area contributed by atoms with Gasteiger partial charge >= 0.3 is 5.97 Å². The second-order valence-corrected chi connectivity index (χ2v) is 5.54. The molecule has 1 heterocycles. The summed E-state index contributed by atoms with van der Waals surface area (Å²) in [7, 11) is 0. The predicted molar refractivity (Wildman–Crippen MR) is 65.0 cm³/mol. The fraction of sp³-hybridized carbons (Fsp3) is 0.615. The number of carbonyl (C=O) groups excluding carboxylic acids is 3. The Morgan fingerprint density at radius 2 is 1.72 bits per heavy atom. The number of nitrogens with zero attached hydrogens (tertiary/aromatic N) is 1. The molecule has 0 unspecified atom stereocenters. The first kappa shape index (κ1) is 14.4.